The van der Waals surface area contributed by atoms with Gasteiger partial charge in [0, 0.05) is 55.8 Å². The number of aromatic nitrogens is 3. The number of carbonyl (C=O) groups is 1. The van der Waals surface area contributed by atoms with E-state index in [0.717, 1.165) is 43.9 Å². The number of benzene rings is 2. The van der Waals surface area contributed by atoms with Crippen molar-refractivity contribution in [3.05, 3.63) is 89.8 Å². The molecule has 4 aromatic rings. The number of anilines is 3. The molecule has 0 aliphatic carbocycles. The lowest BCUT2D eigenvalue weighted by Crippen LogP contribution is -2.44. The predicted molar refractivity (Wildman–Crippen MR) is 136 cm³/mol. The summed E-state index contributed by atoms with van der Waals surface area (Å²) < 4.78 is 32.5. The summed E-state index contributed by atoms with van der Waals surface area (Å²) >= 11 is 0. The quantitative estimate of drug-likeness (QED) is 0.363. The van der Waals surface area contributed by atoms with Crippen LogP contribution in [0.1, 0.15) is 15.9 Å². The van der Waals surface area contributed by atoms with E-state index in [1.54, 1.807) is 36.5 Å². The largest absolute Gasteiger partial charge is 0.496 e. The normalized spacial score (nSPS) is 13.3. The third kappa shape index (κ3) is 5.39. The van der Waals surface area contributed by atoms with E-state index in [1.165, 1.54) is 19.4 Å². The van der Waals surface area contributed by atoms with Gasteiger partial charge in [-0.15, -0.1) is 0 Å². The Balaban J connectivity index is 1.39. The fourth-order valence-corrected chi connectivity index (χ4v) is 4.06. The van der Waals surface area contributed by atoms with Gasteiger partial charge in [-0.3, -0.25) is 4.79 Å². The van der Waals surface area contributed by atoms with Gasteiger partial charge in [0.15, 0.2) is 5.78 Å². The summed E-state index contributed by atoms with van der Waals surface area (Å²) in [6, 6.07) is 13.5. The van der Waals surface area contributed by atoms with Crippen molar-refractivity contribution in [3.8, 4) is 17.0 Å². The zero-order valence-corrected chi connectivity index (χ0v) is 20.0. The van der Waals surface area contributed by atoms with Crippen molar-refractivity contribution >= 4 is 23.2 Å². The minimum atomic E-state index is -0.742. The van der Waals surface area contributed by atoms with Crippen molar-refractivity contribution in [1.29, 1.82) is 0 Å². The third-order valence-corrected chi connectivity index (χ3v) is 6.00. The molecule has 1 fully saturated rings. The van der Waals surface area contributed by atoms with Gasteiger partial charge in [-0.1, -0.05) is 0 Å². The SMILES string of the molecule is COc1ccc(-c2ccnc(N3CCNCC3)n2)cc1C(=O)c1ccc(Nc2ccc(F)cc2F)nc1. The van der Waals surface area contributed by atoms with E-state index in [9.17, 15) is 13.6 Å². The average molecular weight is 503 g/mol. The Morgan fingerprint density at radius 1 is 1.03 bits per heavy atom. The molecule has 0 saturated carbocycles. The number of carbonyl (C=O) groups excluding carboxylic acids is 1. The first kappa shape index (κ1) is 24.3. The van der Waals surface area contributed by atoms with Crippen LogP contribution in [-0.2, 0) is 0 Å². The fraction of sp³-hybridized carbons (Fsp3) is 0.185. The average Bonchev–Trinajstić information content (AvgIpc) is 2.95. The zero-order chi connectivity index (χ0) is 25.8. The minimum Gasteiger partial charge on any atom is -0.496 e. The Labute approximate surface area is 212 Å². The van der Waals surface area contributed by atoms with E-state index >= 15 is 0 Å². The summed E-state index contributed by atoms with van der Waals surface area (Å²) in [7, 11) is 1.50. The molecule has 0 unspecified atom stereocenters. The first-order chi connectivity index (χ1) is 18.0. The molecule has 1 aliphatic heterocycles. The van der Waals surface area contributed by atoms with E-state index in [1.807, 2.05) is 6.07 Å². The molecule has 1 saturated heterocycles. The number of hydrogen-bond acceptors (Lipinski definition) is 8. The van der Waals surface area contributed by atoms with Crippen LogP contribution in [0.5, 0.6) is 5.75 Å². The second-order valence-electron chi connectivity index (χ2n) is 8.40. The van der Waals surface area contributed by atoms with Gasteiger partial charge >= 0.3 is 0 Å². The van der Waals surface area contributed by atoms with Crippen molar-refractivity contribution in [2.24, 2.45) is 0 Å². The van der Waals surface area contributed by atoms with Crippen molar-refractivity contribution < 1.29 is 18.3 Å². The molecule has 2 aromatic heterocycles. The van der Waals surface area contributed by atoms with Crippen molar-refractivity contribution in [2.45, 2.75) is 0 Å². The summed E-state index contributed by atoms with van der Waals surface area (Å²) in [5.41, 5.74) is 2.20. The highest BCUT2D eigenvalue weighted by molar-refractivity contribution is 6.11. The van der Waals surface area contributed by atoms with Crippen LogP contribution in [0, 0.1) is 11.6 Å². The molecule has 1 aliphatic rings. The summed E-state index contributed by atoms with van der Waals surface area (Å²) in [6.45, 7) is 3.38. The van der Waals surface area contributed by atoms with Gasteiger partial charge in [0.1, 0.15) is 23.2 Å². The van der Waals surface area contributed by atoms with Crippen LogP contribution in [0.25, 0.3) is 11.3 Å². The van der Waals surface area contributed by atoms with Crippen molar-refractivity contribution in [3.63, 3.8) is 0 Å². The van der Waals surface area contributed by atoms with E-state index in [2.05, 4.69) is 25.5 Å². The number of piperazine rings is 1. The second kappa shape index (κ2) is 10.7. The first-order valence-electron chi connectivity index (χ1n) is 11.7. The standard InChI is InChI=1S/C27H24F2N6O2/c1-37-24-6-2-17(22-8-9-31-27(34-22)35-12-10-30-11-13-35)14-20(24)26(36)18-3-7-25(32-16-18)33-23-5-4-19(28)15-21(23)29/h2-9,14-16,30H,10-13H2,1H3,(H,32,33). The molecule has 2 N–H and O–H groups in total. The van der Waals surface area contributed by atoms with Crippen LogP contribution in [0.3, 0.4) is 0 Å². The van der Waals surface area contributed by atoms with Crippen molar-refractivity contribution in [2.75, 3.05) is 43.5 Å². The monoisotopic (exact) mass is 502 g/mol. The molecule has 0 bridgehead atoms. The highest BCUT2D eigenvalue weighted by atomic mass is 19.1. The lowest BCUT2D eigenvalue weighted by atomic mass is 10.00. The number of nitrogens with one attached hydrogen (secondary N) is 2. The number of nitrogens with zero attached hydrogens (tertiary/aromatic N) is 4. The van der Waals surface area contributed by atoms with Crippen LogP contribution in [0.4, 0.5) is 26.2 Å². The summed E-state index contributed by atoms with van der Waals surface area (Å²) in [5, 5.41) is 6.09. The Morgan fingerprint density at radius 2 is 1.86 bits per heavy atom. The summed E-state index contributed by atoms with van der Waals surface area (Å²) in [6.07, 6.45) is 3.11. The molecule has 0 amide bonds. The van der Waals surface area contributed by atoms with E-state index in [4.69, 9.17) is 9.72 Å². The molecule has 188 valence electrons. The van der Waals surface area contributed by atoms with Crippen LogP contribution in [0.2, 0.25) is 0 Å². The van der Waals surface area contributed by atoms with Gasteiger partial charge < -0.3 is 20.3 Å². The Kier molecular flexibility index (Phi) is 7.00. The number of methoxy groups -OCH3 is 1. The number of ether oxygens (including phenoxy) is 1. The first-order valence-corrected chi connectivity index (χ1v) is 11.7. The molecule has 8 nitrogen and oxygen atoms in total. The van der Waals surface area contributed by atoms with Crippen LogP contribution in [0.15, 0.2) is 67.0 Å². The van der Waals surface area contributed by atoms with E-state index in [0.29, 0.717) is 34.3 Å². The molecule has 0 spiro atoms. The maximum atomic E-state index is 13.9. The van der Waals surface area contributed by atoms with Gasteiger partial charge in [-0.25, -0.2) is 23.7 Å². The topological polar surface area (TPSA) is 92.3 Å². The van der Waals surface area contributed by atoms with Gasteiger partial charge in [0.2, 0.25) is 5.95 Å². The molecule has 3 heterocycles. The lowest BCUT2D eigenvalue weighted by Gasteiger charge is -2.27. The van der Waals surface area contributed by atoms with E-state index in [-0.39, 0.29) is 11.5 Å². The molecular formula is C27H24F2N6O2. The second-order valence-corrected chi connectivity index (χ2v) is 8.40. The molecule has 5 rings (SSSR count). The van der Waals surface area contributed by atoms with Crippen LogP contribution < -0.4 is 20.3 Å². The lowest BCUT2D eigenvalue weighted by molar-refractivity contribution is 0.103. The fourth-order valence-electron chi connectivity index (χ4n) is 4.06. The molecule has 0 radical (unpaired) electrons. The number of halogens is 2. The highest BCUT2D eigenvalue weighted by Gasteiger charge is 2.18. The van der Waals surface area contributed by atoms with Crippen molar-refractivity contribution in [1.82, 2.24) is 20.3 Å². The zero-order valence-electron chi connectivity index (χ0n) is 20.0. The molecular weight excluding hydrogens is 478 g/mol. The smallest absolute Gasteiger partial charge is 0.225 e. The maximum absolute atomic E-state index is 13.9. The van der Waals surface area contributed by atoms with Gasteiger partial charge in [-0.2, -0.15) is 0 Å². The van der Waals surface area contributed by atoms with Crippen LogP contribution >= 0.6 is 0 Å². The number of rotatable bonds is 7. The van der Waals surface area contributed by atoms with Gasteiger partial charge in [0.05, 0.1) is 24.1 Å². The third-order valence-electron chi connectivity index (χ3n) is 6.00. The maximum Gasteiger partial charge on any atom is 0.225 e. The summed E-state index contributed by atoms with van der Waals surface area (Å²) in [5.74, 6) is -0.331. The van der Waals surface area contributed by atoms with Gasteiger partial charge in [0.25, 0.3) is 0 Å². The Hall–Kier alpha value is -4.44. The molecule has 0 atom stereocenters. The van der Waals surface area contributed by atoms with E-state index < -0.39 is 11.6 Å². The number of hydrogen-bond donors (Lipinski definition) is 2. The minimum absolute atomic E-state index is 0.0763. The number of pyridine rings is 1. The highest BCUT2D eigenvalue weighted by Crippen LogP contribution is 2.29. The summed E-state index contributed by atoms with van der Waals surface area (Å²) in [4.78, 5) is 28.9. The molecule has 10 heteroatoms. The molecule has 2 aromatic carbocycles. The molecule has 37 heavy (non-hydrogen) atoms. The Morgan fingerprint density at radius 3 is 2.59 bits per heavy atom. The van der Waals surface area contributed by atoms with Crippen LogP contribution in [-0.4, -0.2) is 54.0 Å². The Bertz CT molecular complexity index is 1430. The van der Waals surface area contributed by atoms with Gasteiger partial charge in [-0.05, 0) is 48.5 Å². The number of ketones is 1. The predicted octanol–water partition coefficient (Wildman–Crippen LogP) is 4.21.